The first-order valence-electron chi connectivity index (χ1n) is 6.33. The van der Waals surface area contributed by atoms with Crippen molar-refractivity contribution in [2.75, 3.05) is 18.9 Å². The Morgan fingerprint density at radius 1 is 1.39 bits per heavy atom. The number of carbonyl (C=O) groups is 1. The third kappa shape index (κ3) is 3.81. The van der Waals surface area contributed by atoms with E-state index in [2.05, 4.69) is 14.8 Å². The van der Waals surface area contributed by atoms with E-state index in [1.165, 1.54) is 11.9 Å². The lowest BCUT2D eigenvalue weighted by atomic mass is 10.1. The molecule has 1 aliphatic rings. The van der Waals surface area contributed by atoms with Gasteiger partial charge in [0.2, 0.25) is 0 Å². The zero-order valence-electron chi connectivity index (χ0n) is 11.8. The maximum atomic E-state index is 13.6. The summed E-state index contributed by atoms with van der Waals surface area (Å²) in [5.74, 6) is -0.748. The number of benzene rings is 1. The molecule has 23 heavy (non-hydrogen) atoms. The van der Waals surface area contributed by atoms with Gasteiger partial charge in [-0.3, -0.25) is 0 Å². The summed E-state index contributed by atoms with van der Waals surface area (Å²) in [6.45, 7) is 0.141. The first kappa shape index (κ1) is 16.8. The number of nitrogens with one attached hydrogen (secondary N) is 1. The Labute approximate surface area is 128 Å². The van der Waals surface area contributed by atoms with Crippen molar-refractivity contribution in [3.8, 4) is 11.8 Å². The highest BCUT2D eigenvalue weighted by molar-refractivity contribution is 5.89. The number of nitriles is 1. The number of nitrogens with zero attached hydrogens (tertiary/aromatic N) is 2. The van der Waals surface area contributed by atoms with Crippen LogP contribution in [0.25, 0.3) is 0 Å². The number of urea groups is 1. The fourth-order valence-corrected chi connectivity index (χ4v) is 1.82. The van der Waals surface area contributed by atoms with E-state index in [1.807, 2.05) is 6.07 Å². The van der Waals surface area contributed by atoms with Crippen molar-refractivity contribution in [3.05, 3.63) is 23.8 Å². The third-order valence-electron chi connectivity index (χ3n) is 2.93. The number of fused-ring (bicyclic) bond motifs is 1. The van der Waals surface area contributed by atoms with Crippen LogP contribution in [0.1, 0.15) is 12.0 Å². The van der Waals surface area contributed by atoms with E-state index in [9.17, 15) is 22.4 Å². The molecule has 2 rings (SSSR count). The van der Waals surface area contributed by atoms with Gasteiger partial charge in [0.1, 0.15) is 5.75 Å². The van der Waals surface area contributed by atoms with Crippen molar-refractivity contribution in [3.63, 3.8) is 0 Å². The van der Waals surface area contributed by atoms with Crippen molar-refractivity contribution in [1.82, 2.24) is 4.90 Å². The molecule has 0 radical (unpaired) electrons. The van der Waals surface area contributed by atoms with E-state index in [-0.39, 0.29) is 18.7 Å². The number of carbonyl (C=O) groups excluding carboxylic acids is 1. The summed E-state index contributed by atoms with van der Waals surface area (Å²) in [7, 11) is 1.41. The standard InChI is InChI=1S/C13H11F4N3O3/c1-20(6-2-5-18)11(21)19-8-3-4-10-9(7-8)12(14,15)23-13(16,17)22-10/h3-4,7H,2,6H2,1H3,(H,19,21). The van der Waals surface area contributed by atoms with Gasteiger partial charge in [-0.1, -0.05) is 0 Å². The fourth-order valence-electron chi connectivity index (χ4n) is 1.82. The Bertz CT molecular complexity index is 660. The summed E-state index contributed by atoms with van der Waals surface area (Å²) in [4.78, 5) is 13.0. The lowest BCUT2D eigenvalue weighted by Crippen LogP contribution is -2.41. The quantitative estimate of drug-likeness (QED) is 0.863. The molecule has 10 heteroatoms. The number of amides is 2. The molecule has 124 valence electrons. The summed E-state index contributed by atoms with van der Waals surface area (Å²) in [6.07, 6.45) is -8.62. The zero-order chi connectivity index (χ0) is 17.3. The van der Waals surface area contributed by atoms with Crippen molar-refractivity contribution >= 4 is 11.7 Å². The van der Waals surface area contributed by atoms with E-state index < -0.39 is 29.7 Å². The Morgan fingerprint density at radius 3 is 2.74 bits per heavy atom. The molecule has 2 amide bonds. The van der Waals surface area contributed by atoms with Crippen molar-refractivity contribution in [1.29, 1.82) is 5.26 Å². The Hall–Kier alpha value is -2.54. The predicted molar refractivity (Wildman–Crippen MR) is 68.9 cm³/mol. The lowest BCUT2D eigenvalue weighted by molar-refractivity contribution is -0.461. The van der Waals surface area contributed by atoms with E-state index in [0.717, 1.165) is 18.2 Å². The molecule has 1 aromatic carbocycles. The van der Waals surface area contributed by atoms with Crippen molar-refractivity contribution in [2.24, 2.45) is 0 Å². The smallest absolute Gasteiger partial charge is 0.409 e. The maximum Gasteiger partial charge on any atom is 0.540 e. The highest BCUT2D eigenvalue weighted by atomic mass is 19.3. The average Bonchev–Trinajstić information content (AvgIpc) is 2.43. The largest absolute Gasteiger partial charge is 0.540 e. The van der Waals surface area contributed by atoms with Crippen LogP contribution in [-0.2, 0) is 10.8 Å². The second-order valence-corrected chi connectivity index (χ2v) is 4.66. The van der Waals surface area contributed by atoms with Gasteiger partial charge in [-0.05, 0) is 18.2 Å². The summed E-state index contributed by atoms with van der Waals surface area (Å²) in [5, 5.41) is 10.7. The van der Waals surface area contributed by atoms with Crippen LogP contribution in [0.3, 0.4) is 0 Å². The predicted octanol–water partition coefficient (Wildman–Crippen LogP) is 3.07. The van der Waals surface area contributed by atoms with Gasteiger partial charge in [0.25, 0.3) is 0 Å². The fraction of sp³-hybridized carbons (Fsp3) is 0.385. The highest BCUT2D eigenvalue weighted by Gasteiger charge is 2.54. The number of rotatable bonds is 3. The van der Waals surface area contributed by atoms with E-state index in [4.69, 9.17) is 5.26 Å². The van der Waals surface area contributed by atoms with Crippen LogP contribution in [0.5, 0.6) is 5.75 Å². The number of hydrogen-bond acceptors (Lipinski definition) is 4. The normalized spacial score (nSPS) is 17.4. The number of alkyl halides is 4. The van der Waals surface area contributed by atoms with Gasteiger partial charge in [0, 0.05) is 19.3 Å². The molecular formula is C13H11F4N3O3. The molecular weight excluding hydrogens is 322 g/mol. The van der Waals surface area contributed by atoms with Crippen LogP contribution in [0.4, 0.5) is 28.0 Å². The van der Waals surface area contributed by atoms with Gasteiger partial charge < -0.3 is 15.0 Å². The second kappa shape index (κ2) is 5.92. The van der Waals surface area contributed by atoms with Crippen LogP contribution in [-0.4, -0.2) is 30.8 Å². The first-order valence-corrected chi connectivity index (χ1v) is 6.33. The first-order chi connectivity index (χ1) is 10.6. The van der Waals surface area contributed by atoms with Gasteiger partial charge in [-0.15, -0.1) is 8.78 Å². The van der Waals surface area contributed by atoms with Gasteiger partial charge >= 0.3 is 18.4 Å². The number of halogens is 4. The Balaban J connectivity index is 2.19. The molecule has 0 aliphatic carbocycles. The van der Waals surface area contributed by atoms with Gasteiger partial charge in [-0.2, -0.15) is 14.0 Å². The average molecular weight is 333 g/mol. The van der Waals surface area contributed by atoms with E-state index in [1.54, 1.807) is 0 Å². The molecule has 0 bridgehead atoms. The second-order valence-electron chi connectivity index (χ2n) is 4.66. The van der Waals surface area contributed by atoms with Crippen LogP contribution < -0.4 is 10.1 Å². The SMILES string of the molecule is CN(CCC#N)C(=O)Nc1ccc2c(c1)C(F)(F)OC(F)(F)O2. The Morgan fingerprint density at radius 2 is 2.09 bits per heavy atom. The molecule has 0 unspecified atom stereocenters. The van der Waals surface area contributed by atoms with Gasteiger partial charge in [0.15, 0.2) is 0 Å². The molecule has 0 atom stereocenters. The van der Waals surface area contributed by atoms with E-state index in [0.29, 0.717) is 0 Å². The van der Waals surface area contributed by atoms with Gasteiger partial charge in [0.05, 0.1) is 18.1 Å². The van der Waals surface area contributed by atoms with Crippen LogP contribution in [0, 0.1) is 11.3 Å². The minimum absolute atomic E-state index is 0.0605. The zero-order valence-corrected chi connectivity index (χ0v) is 11.8. The monoisotopic (exact) mass is 333 g/mol. The Kier molecular flexibility index (Phi) is 4.33. The molecule has 0 fully saturated rings. The summed E-state index contributed by atoms with van der Waals surface area (Å²) < 4.78 is 60.3. The topological polar surface area (TPSA) is 74.6 Å². The van der Waals surface area contributed by atoms with Crippen molar-refractivity contribution in [2.45, 2.75) is 18.8 Å². The molecule has 1 aliphatic heterocycles. The molecule has 0 spiro atoms. The van der Waals surface area contributed by atoms with E-state index >= 15 is 0 Å². The van der Waals surface area contributed by atoms with Crippen molar-refractivity contribution < 1.29 is 31.8 Å². The minimum atomic E-state index is -4.45. The lowest BCUT2D eigenvalue weighted by Gasteiger charge is -2.30. The van der Waals surface area contributed by atoms with Crippen LogP contribution >= 0.6 is 0 Å². The maximum absolute atomic E-state index is 13.6. The molecule has 0 saturated carbocycles. The number of ether oxygens (including phenoxy) is 2. The molecule has 1 N–H and O–H groups in total. The summed E-state index contributed by atoms with van der Waals surface area (Å²) in [5.41, 5.74) is -0.990. The highest BCUT2D eigenvalue weighted by Crippen LogP contribution is 2.46. The number of anilines is 1. The molecule has 0 aromatic heterocycles. The third-order valence-corrected chi connectivity index (χ3v) is 2.93. The van der Waals surface area contributed by atoms with Crippen LogP contribution in [0.2, 0.25) is 0 Å². The van der Waals surface area contributed by atoms with Gasteiger partial charge in [-0.25, -0.2) is 9.53 Å². The summed E-state index contributed by atoms with van der Waals surface area (Å²) >= 11 is 0. The minimum Gasteiger partial charge on any atom is -0.409 e. The molecule has 1 aromatic rings. The van der Waals surface area contributed by atoms with Crippen LogP contribution in [0.15, 0.2) is 18.2 Å². The summed E-state index contributed by atoms with van der Waals surface area (Å²) in [6, 6.07) is 3.99. The molecule has 0 saturated heterocycles. The molecule has 1 heterocycles. The molecule has 6 nitrogen and oxygen atoms in total. The number of hydrogen-bond donors (Lipinski definition) is 1.